The molecule has 152 valence electrons. The van der Waals surface area contributed by atoms with Crippen molar-refractivity contribution in [3.63, 3.8) is 0 Å². The Bertz CT molecular complexity index is 1070. The van der Waals surface area contributed by atoms with Gasteiger partial charge in [-0.25, -0.2) is 4.98 Å². The van der Waals surface area contributed by atoms with Gasteiger partial charge in [0.2, 0.25) is 0 Å². The van der Waals surface area contributed by atoms with Crippen LogP contribution in [0.5, 0.6) is 0 Å². The van der Waals surface area contributed by atoms with E-state index in [-0.39, 0.29) is 11.5 Å². The van der Waals surface area contributed by atoms with Gasteiger partial charge in [0, 0.05) is 0 Å². The summed E-state index contributed by atoms with van der Waals surface area (Å²) < 4.78 is 6.88. The number of fused-ring (bicyclic) bond motifs is 1. The van der Waals surface area contributed by atoms with Crippen molar-refractivity contribution in [1.82, 2.24) is 9.55 Å². The molecule has 3 aromatic rings. The maximum atomic E-state index is 13.4. The minimum atomic E-state index is -0.412. The normalized spacial score (nSPS) is 12.1. The monoisotopic (exact) mass is 410 g/mol. The van der Waals surface area contributed by atoms with Gasteiger partial charge in [-0.1, -0.05) is 43.3 Å². The van der Waals surface area contributed by atoms with Crippen LogP contribution < -0.4 is 5.56 Å². The van der Waals surface area contributed by atoms with Crippen molar-refractivity contribution in [2.24, 2.45) is 0 Å². The summed E-state index contributed by atoms with van der Waals surface area (Å²) in [4.78, 5) is 30.6. The average molecular weight is 411 g/mol. The Balaban J connectivity index is 2.21. The van der Waals surface area contributed by atoms with E-state index in [0.717, 1.165) is 23.2 Å². The third kappa shape index (κ3) is 4.70. The van der Waals surface area contributed by atoms with Gasteiger partial charge in [0.25, 0.3) is 5.56 Å². The van der Waals surface area contributed by atoms with Crippen LogP contribution in [0.15, 0.2) is 52.4 Å². The zero-order valence-electron chi connectivity index (χ0n) is 17.3. The van der Waals surface area contributed by atoms with Gasteiger partial charge in [0.05, 0.1) is 23.2 Å². The van der Waals surface area contributed by atoms with E-state index in [1.54, 1.807) is 17.6 Å². The molecule has 0 N–H and O–H groups in total. The number of para-hydroxylation sites is 1. The van der Waals surface area contributed by atoms with E-state index >= 15 is 0 Å². The molecule has 3 rings (SSSR count). The molecule has 0 saturated heterocycles. The number of carbonyl (C=O) groups excluding carboxylic acids is 1. The molecule has 1 aromatic heterocycles. The molecule has 29 heavy (non-hydrogen) atoms. The van der Waals surface area contributed by atoms with Crippen LogP contribution in [-0.4, -0.2) is 27.4 Å². The Kier molecular flexibility index (Phi) is 6.75. The molecule has 1 heterocycles. The van der Waals surface area contributed by atoms with Gasteiger partial charge < -0.3 is 4.74 Å². The Morgan fingerprint density at radius 1 is 1.14 bits per heavy atom. The van der Waals surface area contributed by atoms with Crippen LogP contribution >= 0.6 is 11.8 Å². The van der Waals surface area contributed by atoms with E-state index in [2.05, 4.69) is 6.07 Å². The second-order valence-corrected chi connectivity index (χ2v) is 8.22. The molecule has 0 aliphatic heterocycles. The van der Waals surface area contributed by atoms with E-state index in [1.807, 2.05) is 51.1 Å². The van der Waals surface area contributed by atoms with Gasteiger partial charge in [-0.3, -0.25) is 14.2 Å². The maximum Gasteiger partial charge on any atom is 0.319 e. The van der Waals surface area contributed by atoms with Gasteiger partial charge in [0.1, 0.15) is 5.25 Å². The van der Waals surface area contributed by atoms with Crippen LogP contribution in [0.2, 0.25) is 0 Å². The van der Waals surface area contributed by atoms with E-state index in [4.69, 9.17) is 9.72 Å². The smallest absolute Gasteiger partial charge is 0.319 e. The molecular weight excluding hydrogens is 384 g/mol. The number of hydrogen-bond donors (Lipinski definition) is 0. The van der Waals surface area contributed by atoms with Crippen LogP contribution in [-0.2, 0) is 9.53 Å². The van der Waals surface area contributed by atoms with Crippen molar-refractivity contribution >= 4 is 28.6 Å². The summed E-state index contributed by atoms with van der Waals surface area (Å²) in [6, 6.07) is 13.3. The zero-order valence-corrected chi connectivity index (χ0v) is 18.1. The molecule has 6 heteroatoms. The Morgan fingerprint density at radius 3 is 2.48 bits per heavy atom. The number of aromatic nitrogens is 2. The molecule has 1 atom stereocenters. The quantitative estimate of drug-likeness (QED) is 0.317. The Hall–Kier alpha value is -2.60. The number of nitrogens with zero attached hydrogens (tertiary/aromatic N) is 2. The number of rotatable bonds is 7. The largest absolute Gasteiger partial charge is 0.465 e. The summed E-state index contributed by atoms with van der Waals surface area (Å²) in [5, 5.41) is 0.648. The second kappa shape index (κ2) is 9.27. The molecule has 0 spiro atoms. The first-order valence-electron chi connectivity index (χ1n) is 9.88. The second-order valence-electron chi connectivity index (χ2n) is 7.05. The summed E-state index contributed by atoms with van der Waals surface area (Å²) in [5.41, 5.74) is 3.37. The molecule has 2 aromatic carbocycles. The van der Waals surface area contributed by atoms with Crippen LogP contribution in [0.25, 0.3) is 16.6 Å². The predicted octanol–water partition coefficient (Wildman–Crippen LogP) is 4.83. The van der Waals surface area contributed by atoms with Crippen molar-refractivity contribution in [2.75, 3.05) is 6.61 Å². The maximum absolute atomic E-state index is 13.4. The van der Waals surface area contributed by atoms with E-state index < -0.39 is 5.25 Å². The van der Waals surface area contributed by atoms with Gasteiger partial charge in [-0.2, -0.15) is 0 Å². The average Bonchev–Trinajstić information content (AvgIpc) is 2.67. The van der Waals surface area contributed by atoms with Crippen LogP contribution in [0.3, 0.4) is 0 Å². The highest BCUT2D eigenvalue weighted by Gasteiger charge is 2.24. The van der Waals surface area contributed by atoms with E-state index in [9.17, 15) is 9.59 Å². The minimum absolute atomic E-state index is 0.137. The topological polar surface area (TPSA) is 61.2 Å². The number of ether oxygens (including phenoxy) is 1. The fraction of sp³-hybridized carbons (Fsp3) is 0.348. The molecule has 0 amide bonds. The summed E-state index contributed by atoms with van der Waals surface area (Å²) in [7, 11) is 0. The number of benzene rings is 2. The number of aryl methyl sites for hydroxylation is 2. The first kappa shape index (κ1) is 21.1. The molecule has 5 nitrogen and oxygen atoms in total. The fourth-order valence-corrected chi connectivity index (χ4v) is 4.57. The van der Waals surface area contributed by atoms with E-state index in [1.165, 1.54) is 11.8 Å². The predicted molar refractivity (Wildman–Crippen MR) is 118 cm³/mol. The first-order valence-corrected chi connectivity index (χ1v) is 10.8. The molecule has 0 aliphatic rings. The summed E-state index contributed by atoms with van der Waals surface area (Å²) in [6.07, 6.45) is 1.48. The SMILES string of the molecule is CCCC(Sc1nc2ccccc2c(=O)n1-c1cc(C)cc(C)c1)C(=O)OCC. The molecular formula is C23H26N2O3S. The summed E-state index contributed by atoms with van der Waals surface area (Å²) in [6.45, 7) is 8.15. The van der Waals surface area contributed by atoms with Crippen molar-refractivity contribution < 1.29 is 9.53 Å². The zero-order chi connectivity index (χ0) is 21.0. The van der Waals surface area contributed by atoms with Crippen LogP contribution in [0.4, 0.5) is 0 Å². The lowest BCUT2D eigenvalue weighted by Gasteiger charge is -2.18. The van der Waals surface area contributed by atoms with Crippen LogP contribution in [0.1, 0.15) is 37.8 Å². The highest BCUT2D eigenvalue weighted by molar-refractivity contribution is 8.00. The lowest BCUT2D eigenvalue weighted by Crippen LogP contribution is -2.25. The van der Waals surface area contributed by atoms with E-state index in [0.29, 0.717) is 29.1 Å². The lowest BCUT2D eigenvalue weighted by molar-refractivity contribution is -0.142. The molecule has 0 fully saturated rings. The fourth-order valence-electron chi connectivity index (χ4n) is 3.35. The van der Waals surface area contributed by atoms with Gasteiger partial charge >= 0.3 is 5.97 Å². The van der Waals surface area contributed by atoms with Gasteiger partial charge in [0.15, 0.2) is 5.16 Å². The van der Waals surface area contributed by atoms with Crippen molar-refractivity contribution in [2.45, 2.75) is 50.9 Å². The number of esters is 1. The van der Waals surface area contributed by atoms with Crippen molar-refractivity contribution in [3.05, 3.63) is 63.9 Å². The number of carbonyl (C=O) groups is 1. The summed E-state index contributed by atoms with van der Waals surface area (Å²) in [5.74, 6) is -0.270. The van der Waals surface area contributed by atoms with Gasteiger partial charge in [-0.15, -0.1) is 0 Å². The first-order chi connectivity index (χ1) is 13.9. The Labute approximate surface area is 175 Å². The van der Waals surface area contributed by atoms with Gasteiger partial charge in [-0.05, 0) is 62.6 Å². The Morgan fingerprint density at radius 2 is 1.83 bits per heavy atom. The molecule has 0 radical (unpaired) electrons. The molecule has 1 unspecified atom stereocenters. The molecule has 0 bridgehead atoms. The minimum Gasteiger partial charge on any atom is -0.465 e. The van der Waals surface area contributed by atoms with Crippen LogP contribution in [0, 0.1) is 13.8 Å². The third-order valence-electron chi connectivity index (χ3n) is 4.56. The molecule has 0 saturated carbocycles. The highest BCUT2D eigenvalue weighted by Crippen LogP contribution is 2.29. The number of hydrogen-bond acceptors (Lipinski definition) is 5. The third-order valence-corrected chi connectivity index (χ3v) is 5.75. The summed E-state index contributed by atoms with van der Waals surface area (Å²) >= 11 is 1.30. The molecule has 0 aliphatic carbocycles. The standard InChI is InChI=1S/C23H26N2O3S/c1-5-9-20(22(27)28-6-2)29-23-24-19-11-8-7-10-18(19)21(26)25(23)17-13-15(3)12-16(4)14-17/h7-8,10-14,20H,5-6,9H2,1-4H3. The lowest BCUT2D eigenvalue weighted by atomic mass is 10.1. The van der Waals surface area contributed by atoms with Crippen molar-refractivity contribution in [3.8, 4) is 5.69 Å². The van der Waals surface area contributed by atoms with Crippen molar-refractivity contribution in [1.29, 1.82) is 0 Å². The highest BCUT2D eigenvalue weighted by atomic mass is 32.2. The number of thioether (sulfide) groups is 1.